The fourth-order valence-corrected chi connectivity index (χ4v) is 4.50. The molecule has 138 valence electrons. The van der Waals surface area contributed by atoms with E-state index in [1.54, 1.807) is 24.3 Å². The Morgan fingerprint density at radius 2 is 2.04 bits per heavy atom. The average Bonchev–Trinajstić information content (AvgIpc) is 3.01. The minimum atomic E-state index is -3.47. The molecule has 0 bridgehead atoms. The molecule has 1 aliphatic carbocycles. The van der Waals surface area contributed by atoms with Crippen molar-refractivity contribution in [2.75, 3.05) is 7.11 Å². The minimum absolute atomic E-state index is 0.0293. The summed E-state index contributed by atoms with van der Waals surface area (Å²) in [4.78, 5) is 11.3. The van der Waals surface area contributed by atoms with E-state index >= 15 is 0 Å². The Balaban J connectivity index is 1.78. The van der Waals surface area contributed by atoms with Crippen LogP contribution in [0.1, 0.15) is 38.5 Å². The quantitative estimate of drug-likeness (QED) is 0.387. The molecule has 0 amide bonds. The summed E-state index contributed by atoms with van der Waals surface area (Å²) in [5.41, 5.74) is 0. The van der Waals surface area contributed by atoms with Gasteiger partial charge in [0.15, 0.2) is 0 Å². The monoisotopic (exact) mass is 429 g/mol. The normalized spacial score (nSPS) is 20.9. The first kappa shape index (κ1) is 20.1. The first-order chi connectivity index (χ1) is 11.9. The summed E-state index contributed by atoms with van der Waals surface area (Å²) in [6.07, 6.45) is 8.89. The SMILES string of the molecule is COC(=O)CCC/C=C\[C@@H]1CC[C@H](NS(=O)(=O)c2ccc(Br)cc2)C1. The zero-order valence-electron chi connectivity index (χ0n) is 14.3. The van der Waals surface area contributed by atoms with Crippen LogP contribution in [-0.2, 0) is 19.6 Å². The van der Waals surface area contributed by atoms with E-state index in [0.717, 1.165) is 36.6 Å². The molecule has 0 aromatic heterocycles. The number of rotatable bonds is 8. The van der Waals surface area contributed by atoms with Crippen molar-refractivity contribution >= 4 is 31.9 Å². The summed E-state index contributed by atoms with van der Waals surface area (Å²) in [5, 5.41) is 0. The van der Waals surface area contributed by atoms with Crippen molar-refractivity contribution in [3.05, 3.63) is 40.9 Å². The summed E-state index contributed by atoms with van der Waals surface area (Å²) in [7, 11) is -2.08. The second-order valence-corrected chi connectivity index (χ2v) is 8.87. The third-order valence-corrected chi connectivity index (χ3v) is 6.37. The van der Waals surface area contributed by atoms with Crippen LogP contribution in [0.2, 0.25) is 0 Å². The van der Waals surface area contributed by atoms with Gasteiger partial charge in [-0.15, -0.1) is 0 Å². The highest BCUT2D eigenvalue weighted by molar-refractivity contribution is 9.10. The summed E-state index contributed by atoms with van der Waals surface area (Å²) in [6.45, 7) is 0. The number of carbonyl (C=O) groups is 1. The van der Waals surface area contributed by atoms with Crippen molar-refractivity contribution in [2.45, 2.75) is 49.5 Å². The van der Waals surface area contributed by atoms with E-state index in [0.29, 0.717) is 12.3 Å². The molecule has 1 fully saturated rings. The lowest BCUT2D eigenvalue weighted by molar-refractivity contribution is -0.140. The first-order valence-electron chi connectivity index (χ1n) is 8.42. The molecular formula is C18H24BrNO4S. The molecule has 1 N–H and O–H groups in total. The van der Waals surface area contributed by atoms with Crippen molar-refractivity contribution in [3.8, 4) is 0 Å². The molecule has 0 heterocycles. The van der Waals surface area contributed by atoms with Crippen LogP contribution in [0.5, 0.6) is 0 Å². The van der Waals surface area contributed by atoms with Crippen LogP contribution in [0, 0.1) is 5.92 Å². The van der Waals surface area contributed by atoms with Gasteiger partial charge in [0.05, 0.1) is 12.0 Å². The number of methoxy groups -OCH3 is 1. The summed E-state index contributed by atoms with van der Waals surface area (Å²) in [6, 6.07) is 6.62. The van der Waals surface area contributed by atoms with E-state index in [1.165, 1.54) is 7.11 Å². The van der Waals surface area contributed by atoms with Gasteiger partial charge in [0.1, 0.15) is 0 Å². The lowest BCUT2D eigenvalue weighted by atomic mass is 10.1. The largest absolute Gasteiger partial charge is 0.469 e. The van der Waals surface area contributed by atoms with Gasteiger partial charge < -0.3 is 4.74 Å². The Bertz CT molecular complexity index is 700. The second kappa shape index (κ2) is 9.50. The number of benzene rings is 1. The topological polar surface area (TPSA) is 72.5 Å². The van der Waals surface area contributed by atoms with Crippen LogP contribution in [0.3, 0.4) is 0 Å². The molecule has 0 saturated heterocycles. The van der Waals surface area contributed by atoms with Crippen LogP contribution in [0.4, 0.5) is 0 Å². The van der Waals surface area contributed by atoms with E-state index < -0.39 is 10.0 Å². The number of allylic oxidation sites excluding steroid dienone is 2. The maximum absolute atomic E-state index is 12.4. The molecule has 1 aromatic carbocycles. The number of sulfonamides is 1. The number of hydrogen-bond acceptors (Lipinski definition) is 4. The van der Waals surface area contributed by atoms with Gasteiger partial charge in [0.2, 0.25) is 10.0 Å². The van der Waals surface area contributed by atoms with E-state index in [9.17, 15) is 13.2 Å². The van der Waals surface area contributed by atoms with Crippen molar-refractivity contribution < 1.29 is 17.9 Å². The van der Waals surface area contributed by atoms with E-state index in [-0.39, 0.29) is 16.9 Å². The number of esters is 1. The number of halogens is 1. The molecule has 1 aliphatic rings. The minimum Gasteiger partial charge on any atom is -0.469 e. The van der Waals surface area contributed by atoms with Gasteiger partial charge in [-0.1, -0.05) is 28.1 Å². The molecule has 2 rings (SSSR count). The standard InChI is InChI=1S/C18H24BrNO4S/c1-24-18(21)6-4-2-3-5-14-7-10-16(13-14)20-25(22,23)17-11-8-15(19)9-12-17/h3,5,8-9,11-12,14,16,20H,2,4,6-7,10,13H2,1H3/b5-3-/t14-,16+/m1/s1. The molecule has 0 aliphatic heterocycles. The molecule has 1 aromatic rings. The number of nitrogens with one attached hydrogen (secondary N) is 1. The van der Waals surface area contributed by atoms with E-state index in [4.69, 9.17) is 0 Å². The molecule has 2 atom stereocenters. The number of carbonyl (C=O) groups excluding carboxylic acids is 1. The predicted molar refractivity (Wildman–Crippen MR) is 101 cm³/mol. The predicted octanol–water partition coefficient (Wildman–Crippen LogP) is 3.80. The lowest BCUT2D eigenvalue weighted by Crippen LogP contribution is -2.32. The van der Waals surface area contributed by atoms with Gasteiger partial charge in [-0.25, -0.2) is 13.1 Å². The molecule has 0 unspecified atom stereocenters. The highest BCUT2D eigenvalue weighted by Gasteiger charge is 2.27. The lowest BCUT2D eigenvalue weighted by Gasteiger charge is -2.13. The van der Waals surface area contributed by atoms with E-state index in [2.05, 4.69) is 37.5 Å². The fourth-order valence-electron chi connectivity index (χ4n) is 2.95. The molecule has 1 saturated carbocycles. The van der Waals surface area contributed by atoms with Gasteiger partial charge in [-0.05, 0) is 62.3 Å². The Morgan fingerprint density at radius 1 is 1.32 bits per heavy atom. The second-order valence-electron chi connectivity index (χ2n) is 6.24. The fraction of sp³-hybridized carbons (Fsp3) is 0.500. The molecule has 5 nitrogen and oxygen atoms in total. The van der Waals surface area contributed by atoms with Crippen LogP contribution >= 0.6 is 15.9 Å². The molecule has 25 heavy (non-hydrogen) atoms. The molecular weight excluding hydrogens is 406 g/mol. The van der Waals surface area contributed by atoms with Crippen molar-refractivity contribution in [3.63, 3.8) is 0 Å². The van der Waals surface area contributed by atoms with Crippen LogP contribution < -0.4 is 4.72 Å². The highest BCUT2D eigenvalue weighted by Crippen LogP contribution is 2.28. The Kier molecular flexibility index (Phi) is 7.65. The van der Waals surface area contributed by atoms with Crippen molar-refractivity contribution in [2.24, 2.45) is 5.92 Å². The summed E-state index contributed by atoms with van der Waals surface area (Å²) >= 11 is 3.31. The zero-order valence-corrected chi connectivity index (χ0v) is 16.7. The van der Waals surface area contributed by atoms with Crippen molar-refractivity contribution in [1.29, 1.82) is 0 Å². The smallest absolute Gasteiger partial charge is 0.305 e. The van der Waals surface area contributed by atoms with Gasteiger partial charge >= 0.3 is 5.97 Å². The molecule has 0 spiro atoms. The van der Waals surface area contributed by atoms with Gasteiger partial charge in [-0.2, -0.15) is 0 Å². The Hall–Kier alpha value is -1.18. The first-order valence-corrected chi connectivity index (χ1v) is 10.7. The van der Waals surface area contributed by atoms with E-state index in [1.807, 2.05) is 0 Å². The Labute approximate surface area is 158 Å². The number of ether oxygens (including phenoxy) is 1. The van der Waals surface area contributed by atoms with Gasteiger partial charge in [0, 0.05) is 16.9 Å². The third-order valence-electron chi connectivity index (χ3n) is 4.31. The zero-order chi connectivity index (χ0) is 18.3. The van der Waals surface area contributed by atoms with Gasteiger partial charge in [-0.3, -0.25) is 4.79 Å². The Morgan fingerprint density at radius 3 is 2.72 bits per heavy atom. The maximum atomic E-state index is 12.4. The van der Waals surface area contributed by atoms with Crippen LogP contribution in [-0.4, -0.2) is 27.5 Å². The molecule has 0 radical (unpaired) electrons. The van der Waals surface area contributed by atoms with Gasteiger partial charge in [0.25, 0.3) is 0 Å². The van der Waals surface area contributed by atoms with Crippen LogP contribution in [0.15, 0.2) is 45.8 Å². The highest BCUT2D eigenvalue weighted by atomic mass is 79.9. The third kappa shape index (κ3) is 6.56. The molecule has 7 heteroatoms. The average molecular weight is 430 g/mol. The summed E-state index contributed by atoms with van der Waals surface area (Å²) in [5.74, 6) is 0.201. The summed E-state index contributed by atoms with van der Waals surface area (Å²) < 4.78 is 33.1. The van der Waals surface area contributed by atoms with Crippen LogP contribution in [0.25, 0.3) is 0 Å². The number of hydrogen-bond donors (Lipinski definition) is 1. The van der Waals surface area contributed by atoms with Crippen molar-refractivity contribution in [1.82, 2.24) is 4.72 Å². The maximum Gasteiger partial charge on any atom is 0.305 e. The number of unbranched alkanes of at least 4 members (excludes halogenated alkanes) is 1.